The van der Waals surface area contributed by atoms with Crippen LogP contribution >= 0.6 is 0 Å². The Morgan fingerprint density at radius 2 is 2.28 bits per heavy atom. The third-order valence-corrected chi connectivity index (χ3v) is 4.63. The normalized spacial score (nSPS) is 20.5. The molecule has 25 heavy (non-hydrogen) atoms. The second-order valence-corrected chi connectivity index (χ2v) is 6.74. The molecule has 0 radical (unpaired) electrons. The quantitative estimate of drug-likeness (QED) is 0.852. The van der Waals surface area contributed by atoms with E-state index in [4.69, 9.17) is 0 Å². The predicted molar refractivity (Wildman–Crippen MR) is 95.1 cm³/mol. The van der Waals surface area contributed by atoms with Gasteiger partial charge in [0.15, 0.2) is 0 Å². The van der Waals surface area contributed by atoms with Crippen LogP contribution in [0.4, 0.5) is 5.82 Å². The summed E-state index contributed by atoms with van der Waals surface area (Å²) >= 11 is 0. The van der Waals surface area contributed by atoms with E-state index in [1.54, 1.807) is 30.7 Å². The van der Waals surface area contributed by atoms with Gasteiger partial charge in [0, 0.05) is 51.7 Å². The highest BCUT2D eigenvalue weighted by Crippen LogP contribution is 2.25. The zero-order valence-corrected chi connectivity index (χ0v) is 14.6. The molecule has 7 nitrogen and oxygen atoms in total. The highest BCUT2D eigenvalue weighted by Gasteiger charge is 2.35. The summed E-state index contributed by atoms with van der Waals surface area (Å²) < 4.78 is 1.88. The molecule has 1 amide bonds. The summed E-state index contributed by atoms with van der Waals surface area (Å²) in [6.07, 6.45) is 8.96. The SMILES string of the molecule is CN(CC1(O)CCCN(c2ccccn2)C1)C(=O)CCn1ccnc1. The molecule has 1 atom stereocenters. The van der Waals surface area contributed by atoms with E-state index in [1.165, 1.54) is 0 Å². The Morgan fingerprint density at radius 1 is 1.40 bits per heavy atom. The number of likely N-dealkylation sites (N-methyl/N-ethyl adjacent to an activating group) is 1. The molecule has 134 valence electrons. The molecule has 3 rings (SSSR count). The van der Waals surface area contributed by atoms with Crippen molar-refractivity contribution in [2.75, 3.05) is 31.6 Å². The van der Waals surface area contributed by atoms with E-state index < -0.39 is 5.60 Å². The molecule has 2 aromatic heterocycles. The molecule has 0 aliphatic carbocycles. The Labute approximate surface area is 147 Å². The van der Waals surface area contributed by atoms with E-state index in [-0.39, 0.29) is 5.91 Å². The average molecular weight is 343 g/mol. The van der Waals surface area contributed by atoms with Crippen LogP contribution in [0.1, 0.15) is 19.3 Å². The van der Waals surface area contributed by atoms with E-state index in [9.17, 15) is 9.90 Å². The van der Waals surface area contributed by atoms with Gasteiger partial charge < -0.3 is 19.5 Å². The summed E-state index contributed by atoms with van der Waals surface area (Å²) in [4.78, 5) is 24.4. The van der Waals surface area contributed by atoms with Crippen LogP contribution in [0.5, 0.6) is 0 Å². The molecule has 1 N–H and O–H groups in total. The minimum atomic E-state index is -0.908. The van der Waals surface area contributed by atoms with Gasteiger partial charge in [-0.25, -0.2) is 9.97 Å². The molecule has 0 saturated carbocycles. The fourth-order valence-electron chi connectivity index (χ4n) is 3.34. The number of pyridine rings is 1. The number of amides is 1. The van der Waals surface area contributed by atoms with Gasteiger partial charge in [0.2, 0.25) is 5.91 Å². The first kappa shape index (κ1) is 17.4. The zero-order valence-electron chi connectivity index (χ0n) is 14.6. The summed E-state index contributed by atoms with van der Waals surface area (Å²) in [5.41, 5.74) is -0.908. The predicted octanol–water partition coefficient (Wildman–Crippen LogP) is 1.16. The van der Waals surface area contributed by atoms with Gasteiger partial charge in [0.25, 0.3) is 0 Å². The van der Waals surface area contributed by atoms with Crippen LogP contribution in [0.2, 0.25) is 0 Å². The number of anilines is 1. The Bertz CT molecular complexity index is 676. The molecule has 3 heterocycles. The van der Waals surface area contributed by atoms with E-state index in [2.05, 4.69) is 14.9 Å². The topological polar surface area (TPSA) is 74.5 Å². The molecule has 2 aromatic rings. The first-order valence-electron chi connectivity index (χ1n) is 8.64. The number of carbonyl (C=O) groups excluding carboxylic acids is 1. The number of piperidine rings is 1. The highest BCUT2D eigenvalue weighted by atomic mass is 16.3. The summed E-state index contributed by atoms with van der Waals surface area (Å²) in [5, 5.41) is 11.0. The maximum Gasteiger partial charge on any atom is 0.224 e. The fraction of sp³-hybridized carbons (Fsp3) is 0.500. The molecule has 0 spiro atoms. The highest BCUT2D eigenvalue weighted by molar-refractivity contribution is 5.75. The van der Waals surface area contributed by atoms with Crippen molar-refractivity contribution in [3.8, 4) is 0 Å². The van der Waals surface area contributed by atoms with Crippen molar-refractivity contribution in [3.05, 3.63) is 43.1 Å². The molecule has 1 fully saturated rings. The summed E-state index contributed by atoms with van der Waals surface area (Å²) in [7, 11) is 1.76. The van der Waals surface area contributed by atoms with Crippen molar-refractivity contribution in [1.29, 1.82) is 0 Å². The monoisotopic (exact) mass is 343 g/mol. The van der Waals surface area contributed by atoms with E-state index in [0.717, 1.165) is 18.8 Å². The molecule has 0 bridgehead atoms. The van der Waals surface area contributed by atoms with Crippen molar-refractivity contribution in [2.24, 2.45) is 0 Å². The lowest BCUT2D eigenvalue weighted by Crippen LogP contribution is -2.54. The van der Waals surface area contributed by atoms with Crippen LogP contribution in [0, 0.1) is 0 Å². The van der Waals surface area contributed by atoms with Crippen LogP contribution in [-0.4, -0.2) is 62.7 Å². The number of hydrogen-bond donors (Lipinski definition) is 1. The van der Waals surface area contributed by atoms with Gasteiger partial charge in [-0.3, -0.25) is 4.79 Å². The van der Waals surface area contributed by atoms with E-state index >= 15 is 0 Å². The Balaban J connectivity index is 1.55. The second kappa shape index (κ2) is 7.65. The third-order valence-electron chi connectivity index (χ3n) is 4.63. The lowest BCUT2D eigenvalue weighted by atomic mass is 9.92. The summed E-state index contributed by atoms with van der Waals surface area (Å²) in [5.74, 6) is 0.895. The zero-order chi connectivity index (χ0) is 17.7. The number of aryl methyl sites for hydroxylation is 1. The first-order chi connectivity index (χ1) is 12.1. The maximum absolute atomic E-state index is 12.4. The van der Waals surface area contributed by atoms with Gasteiger partial charge in [0.05, 0.1) is 18.5 Å². The average Bonchev–Trinajstić information content (AvgIpc) is 3.13. The lowest BCUT2D eigenvalue weighted by Gasteiger charge is -2.41. The van der Waals surface area contributed by atoms with Crippen molar-refractivity contribution in [3.63, 3.8) is 0 Å². The van der Waals surface area contributed by atoms with Gasteiger partial charge in [-0.1, -0.05) is 6.07 Å². The summed E-state index contributed by atoms with van der Waals surface area (Å²) in [6.45, 7) is 2.29. The third kappa shape index (κ3) is 4.57. The van der Waals surface area contributed by atoms with Gasteiger partial charge in [0.1, 0.15) is 5.82 Å². The Morgan fingerprint density at radius 3 is 3.00 bits per heavy atom. The van der Waals surface area contributed by atoms with E-state index in [0.29, 0.717) is 32.5 Å². The first-order valence-corrected chi connectivity index (χ1v) is 8.64. The van der Waals surface area contributed by atoms with Gasteiger partial charge >= 0.3 is 0 Å². The van der Waals surface area contributed by atoms with Crippen LogP contribution in [0.15, 0.2) is 43.1 Å². The van der Waals surface area contributed by atoms with Gasteiger partial charge in [-0.2, -0.15) is 0 Å². The maximum atomic E-state index is 12.4. The second-order valence-electron chi connectivity index (χ2n) is 6.74. The van der Waals surface area contributed by atoms with Crippen LogP contribution in [0.25, 0.3) is 0 Å². The smallest absolute Gasteiger partial charge is 0.224 e. The van der Waals surface area contributed by atoms with Gasteiger partial charge in [-0.05, 0) is 25.0 Å². The number of imidazole rings is 1. The molecular formula is C18H25N5O2. The van der Waals surface area contributed by atoms with E-state index in [1.807, 2.05) is 29.0 Å². The molecule has 1 aliphatic heterocycles. The van der Waals surface area contributed by atoms with Gasteiger partial charge in [-0.15, -0.1) is 0 Å². The van der Waals surface area contributed by atoms with Crippen molar-refractivity contribution >= 4 is 11.7 Å². The molecular weight excluding hydrogens is 318 g/mol. The molecule has 7 heteroatoms. The lowest BCUT2D eigenvalue weighted by molar-refractivity contribution is -0.133. The Hall–Kier alpha value is -2.41. The fourth-order valence-corrected chi connectivity index (χ4v) is 3.34. The number of rotatable bonds is 6. The van der Waals surface area contributed by atoms with Crippen LogP contribution in [0.3, 0.4) is 0 Å². The minimum Gasteiger partial charge on any atom is -0.386 e. The van der Waals surface area contributed by atoms with Crippen LogP contribution in [-0.2, 0) is 11.3 Å². The molecule has 0 aromatic carbocycles. The van der Waals surface area contributed by atoms with Crippen LogP contribution < -0.4 is 4.90 Å². The Kier molecular flexibility index (Phi) is 5.33. The minimum absolute atomic E-state index is 0.0251. The number of aliphatic hydroxyl groups is 1. The van der Waals surface area contributed by atoms with Crippen molar-refractivity contribution in [2.45, 2.75) is 31.4 Å². The van der Waals surface area contributed by atoms with Crippen molar-refractivity contribution in [1.82, 2.24) is 19.4 Å². The van der Waals surface area contributed by atoms with Crippen molar-refractivity contribution < 1.29 is 9.90 Å². The molecule has 1 unspecified atom stereocenters. The standard InChI is InChI=1S/C18H25N5O2/c1-21(17(24)6-11-22-12-9-19-15-22)13-18(25)7-4-10-23(14-18)16-5-2-3-8-20-16/h2-3,5,8-9,12,15,25H,4,6-7,10-11,13-14H2,1H3. The molecule has 1 saturated heterocycles. The number of β-amino-alcohol motifs (C(OH)–C–C–N with tert-alkyl or cyclic N) is 1. The number of carbonyl (C=O) groups is 1. The number of hydrogen-bond acceptors (Lipinski definition) is 5. The molecule has 1 aliphatic rings. The summed E-state index contributed by atoms with van der Waals surface area (Å²) in [6, 6.07) is 5.78. The number of nitrogens with zero attached hydrogens (tertiary/aromatic N) is 5. The number of aromatic nitrogens is 3. The largest absolute Gasteiger partial charge is 0.386 e.